The van der Waals surface area contributed by atoms with Crippen molar-refractivity contribution in [2.24, 2.45) is 0 Å². The van der Waals surface area contributed by atoms with E-state index in [0.717, 1.165) is 20.6 Å². The molecule has 0 radical (unpaired) electrons. The Bertz CT molecular complexity index is 583. The Morgan fingerprint density at radius 2 is 2.16 bits per heavy atom. The number of amides is 1. The van der Waals surface area contributed by atoms with E-state index in [4.69, 9.17) is 0 Å². The maximum atomic E-state index is 12.1. The van der Waals surface area contributed by atoms with E-state index in [1.54, 1.807) is 0 Å². The highest BCUT2D eigenvalue weighted by atomic mass is 32.2. The van der Waals surface area contributed by atoms with Gasteiger partial charge in [0, 0.05) is 5.69 Å². The SMILES string of the molecule is Cc1cccc(NC(=O)[C@H](C)Sc2nnc(C)s2)c1. The van der Waals surface area contributed by atoms with Crippen molar-refractivity contribution in [1.29, 1.82) is 0 Å². The van der Waals surface area contributed by atoms with Crippen molar-refractivity contribution in [3.63, 3.8) is 0 Å². The number of carbonyl (C=O) groups excluding carboxylic acids is 1. The minimum absolute atomic E-state index is 0.0246. The van der Waals surface area contributed by atoms with E-state index in [1.807, 2.05) is 45.0 Å². The normalized spacial score (nSPS) is 12.2. The van der Waals surface area contributed by atoms with Gasteiger partial charge in [0.05, 0.1) is 5.25 Å². The fraction of sp³-hybridized carbons (Fsp3) is 0.308. The van der Waals surface area contributed by atoms with Gasteiger partial charge in [0.1, 0.15) is 5.01 Å². The highest BCUT2D eigenvalue weighted by Crippen LogP contribution is 2.26. The Morgan fingerprint density at radius 3 is 2.79 bits per heavy atom. The molecule has 0 unspecified atom stereocenters. The molecule has 0 saturated heterocycles. The van der Waals surface area contributed by atoms with Gasteiger partial charge in [-0.3, -0.25) is 4.79 Å². The standard InChI is InChI=1S/C13H15N3OS2/c1-8-5-4-6-11(7-8)14-12(17)9(2)18-13-16-15-10(3)19-13/h4-7,9H,1-3H3,(H,14,17)/t9-/m0/s1. The number of carbonyl (C=O) groups is 1. The molecule has 0 bridgehead atoms. The lowest BCUT2D eigenvalue weighted by atomic mass is 10.2. The van der Waals surface area contributed by atoms with Crippen molar-refractivity contribution in [2.45, 2.75) is 30.4 Å². The first-order valence-corrected chi connectivity index (χ1v) is 7.58. The van der Waals surface area contributed by atoms with Crippen LogP contribution in [0.2, 0.25) is 0 Å². The molecule has 2 rings (SSSR count). The van der Waals surface area contributed by atoms with Gasteiger partial charge in [0.2, 0.25) is 5.91 Å². The fourth-order valence-electron chi connectivity index (χ4n) is 1.50. The van der Waals surface area contributed by atoms with E-state index in [0.29, 0.717) is 0 Å². The predicted octanol–water partition coefficient (Wildman–Crippen LogP) is 3.27. The molecule has 4 nitrogen and oxygen atoms in total. The van der Waals surface area contributed by atoms with Crippen LogP contribution in [-0.4, -0.2) is 21.4 Å². The van der Waals surface area contributed by atoms with Gasteiger partial charge in [-0.2, -0.15) is 0 Å². The van der Waals surface area contributed by atoms with E-state index in [-0.39, 0.29) is 11.2 Å². The third-order valence-electron chi connectivity index (χ3n) is 2.44. The Balaban J connectivity index is 1.96. The van der Waals surface area contributed by atoms with Gasteiger partial charge in [0.25, 0.3) is 0 Å². The zero-order valence-corrected chi connectivity index (χ0v) is 12.6. The number of benzene rings is 1. The molecule has 1 amide bonds. The molecule has 1 heterocycles. The first-order chi connectivity index (χ1) is 9.04. The van der Waals surface area contributed by atoms with Crippen LogP contribution < -0.4 is 5.32 Å². The van der Waals surface area contributed by atoms with Crippen LogP contribution >= 0.6 is 23.1 Å². The third-order valence-corrected chi connectivity index (χ3v) is 4.46. The van der Waals surface area contributed by atoms with Crippen molar-refractivity contribution < 1.29 is 4.79 Å². The summed E-state index contributed by atoms with van der Waals surface area (Å²) in [7, 11) is 0. The highest BCUT2D eigenvalue weighted by molar-refractivity contribution is 8.02. The van der Waals surface area contributed by atoms with Crippen molar-refractivity contribution in [3.8, 4) is 0 Å². The largest absolute Gasteiger partial charge is 0.325 e. The Labute approximate surface area is 120 Å². The second-order valence-corrected chi connectivity index (χ2v) is 6.98. The number of hydrogen-bond donors (Lipinski definition) is 1. The van der Waals surface area contributed by atoms with Gasteiger partial charge >= 0.3 is 0 Å². The molecule has 100 valence electrons. The molecule has 0 saturated carbocycles. The van der Waals surface area contributed by atoms with Gasteiger partial charge in [-0.15, -0.1) is 10.2 Å². The van der Waals surface area contributed by atoms with E-state index in [2.05, 4.69) is 15.5 Å². The first-order valence-electron chi connectivity index (χ1n) is 5.89. The van der Waals surface area contributed by atoms with E-state index in [1.165, 1.54) is 23.1 Å². The molecule has 1 N–H and O–H groups in total. The van der Waals surface area contributed by atoms with Crippen LogP contribution in [0.15, 0.2) is 28.6 Å². The van der Waals surface area contributed by atoms with Crippen LogP contribution in [0.4, 0.5) is 5.69 Å². The third kappa shape index (κ3) is 4.04. The summed E-state index contributed by atoms with van der Waals surface area (Å²) in [5.74, 6) is -0.0246. The number of thioether (sulfide) groups is 1. The van der Waals surface area contributed by atoms with E-state index >= 15 is 0 Å². The number of hydrogen-bond acceptors (Lipinski definition) is 5. The molecule has 2 aromatic rings. The molecule has 1 aromatic heterocycles. The Morgan fingerprint density at radius 1 is 1.37 bits per heavy atom. The molecule has 6 heteroatoms. The van der Waals surface area contributed by atoms with Crippen molar-refractivity contribution in [1.82, 2.24) is 10.2 Å². The molecular formula is C13H15N3OS2. The van der Waals surface area contributed by atoms with Crippen LogP contribution in [0.3, 0.4) is 0 Å². The zero-order valence-electron chi connectivity index (χ0n) is 11.0. The van der Waals surface area contributed by atoms with Crippen LogP contribution in [0.5, 0.6) is 0 Å². The van der Waals surface area contributed by atoms with Gasteiger partial charge in [0.15, 0.2) is 4.34 Å². The lowest BCUT2D eigenvalue weighted by Crippen LogP contribution is -2.22. The van der Waals surface area contributed by atoms with Gasteiger partial charge in [-0.05, 0) is 38.5 Å². The quantitative estimate of drug-likeness (QED) is 0.879. The highest BCUT2D eigenvalue weighted by Gasteiger charge is 2.16. The summed E-state index contributed by atoms with van der Waals surface area (Å²) in [5.41, 5.74) is 1.95. The number of anilines is 1. The van der Waals surface area contributed by atoms with Gasteiger partial charge in [-0.25, -0.2) is 0 Å². The maximum Gasteiger partial charge on any atom is 0.237 e. The Kier molecular flexibility index (Phi) is 4.55. The summed E-state index contributed by atoms with van der Waals surface area (Å²) < 4.78 is 0.824. The van der Waals surface area contributed by atoms with E-state index < -0.39 is 0 Å². The van der Waals surface area contributed by atoms with Crippen LogP contribution in [0.1, 0.15) is 17.5 Å². The molecule has 0 aliphatic rings. The number of nitrogens with one attached hydrogen (secondary N) is 1. The lowest BCUT2D eigenvalue weighted by molar-refractivity contribution is -0.115. The molecule has 0 aliphatic carbocycles. The molecule has 0 fully saturated rings. The van der Waals surface area contributed by atoms with Crippen LogP contribution in [0.25, 0.3) is 0 Å². The molecule has 0 aliphatic heterocycles. The maximum absolute atomic E-state index is 12.1. The van der Waals surface area contributed by atoms with Gasteiger partial charge < -0.3 is 5.32 Å². The summed E-state index contributed by atoms with van der Waals surface area (Å²) in [6, 6.07) is 7.76. The summed E-state index contributed by atoms with van der Waals surface area (Å²) >= 11 is 2.93. The number of rotatable bonds is 4. The summed E-state index contributed by atoms with van der Waals surface area (Å²) in [5, 5.41) is 11.6. The average molecular weight is 293 g/mol. The lowest BCUT2D eigenvalue weighted by Gasteiger charge is -2.10. The second kappa shape index (κ2) is 6.16. The predicted molar refractivity (Wildman–Crippen MR) is 79.8 cm³/mol. The summed E-state index contributed by atoms with van der Waals surface area (Å²) in [6.07, 6.45) is 0. The summed E-state index contributed by atoms with van der Waals surface area (Å²) in [4.78, 5) is 12.1. The topological polar surface area (TPSA) is 54.9 Å². The smallest absolute Gasteiger partial charge is 0.237 e. The molecule has 1 atom stereocenters. The molecule has 1 aromatic carbocycles. The number of aromatic nitrogens is 2. The minimum Gasteiger partial charge on any atom is -0.325 e. The molecular weight excluding hydrogens is 278 g/mol. The second-order valence-electron chi connectivity index (χ2n) is 4.21. The fourth-order valence-corrected chi connectivity index (χ4v) is 3.46. The monoisotopic (exact) mass is 293 g/mol. The van der Waals surface area contributed by atoms with Crippen molar-refractivity contribution in [3.05, 3.63) is 34.8 Å². The average Bonchev–Trinajstić information content (AvgIpc) is 2.74. The zero-order chi connectivity index (χ0) is 13.8. The minimum atomic E-state index is -0.201. The first kappa shape index (κ1) is 14.0. The molecule has 0 spiro atoms. The number of nitrogens with zero attached hydrogens (tertiary/aromatic N) is 2. The van der Waals surface area contributed by atoms with Crippen LogP contribution in [0, 0.1) is 13.8 Å². The van der Waals surface area contributed by atoms with Crippen molar-refractivity contribution in [2.75, 3.05) is 5.32 Å². The van der Waals surface area contributed by atoms with Crippen LogP contribution in [-0.2, 0) is 4.79 Å². The summed E-state index contributed by atoms with van der Waals surface area (Å²) in [6.45, 7) is 5.77. The molecule has 19 heavy (non-hydrogen) atoms. The Hall–Kier alpha value is -1.40. The van der Waals surface area contributed by atoms with Gasteiger partial charge in [-0.1, -0.05) is 35.2 Å². The van der Waals surface area contributed by atoms with E-state index in [9.17, 15) is 4.79 Å². The number of aryl methyl sites for hydroxylation is 2. The van der Waals surface area contributed by atoms with Crippen molar-refractivity contribution >= 4 is 34.7 Å².